The number of carboxylic acids is 1. The highest BCUT2D eigenvalue weighted by atomic mass is 16.5. The van der Waals surface area contributed by atoms with Crippen molar-refractivity contribution in [1.82, 2.24) is 5.32 Å². The fourth-order valence-electron chi connectivity index (χ4n) is 6.53. The van der Waals surface area contributed by atoms with Gasteiger partial charge in [0.15, 0.2) is 17.0 Å². The summed E-state index contributed by atoms with van der Waals surface area (Å²) in [6.45, 7) is 4.93. The number of methoxy groups -OCH3 is 2. The number of hydrogen-bond donors (Lipinski definition) is 4. The molecule has 5 rings (SSSR count). The molecule has 262 valence electrons. The first-order valence-electron chi connectivity index (χ1n) is 16.5. The van der Waals surface area contributed by atoms with E-state index in [2.05, 4.69) is 10.6 Å². The molecule has 0 aliphatic heterocycles. The third kappa shape index (κ3) is 7.60. The van der Waals surface area contributed by atoms with Crippen molar-refractivity contribution in [3.63, 3.8) is 0 Å². The number of anilines is 1. The fraction of sp³-hybridized carbons (Fsp3) is 0.325. The lowest BCUT2D eigenvalue weighted by atomic mass is 9.71. The molecule has 2 atom stereocenters. The van der Waals surface area contributed by atoms with Gasteiger partial charge in [-0.05, 0) is 75.9 Å². The SMILES string of the molecule is COc1ccc(CC[C@H](O)c2cccc(NC(=O)C[C@@](NC(=O)OCC3c4ccccc4-c4ccccc43)(C(=O)O)C(C)(C)C)c2)cc1OC. The first-order valence-corrected chi connectivity index (χ1v) is 16.5. The number of carboxylic acid groups (broad SMARTS) is 1. The van der Waals surface area contributed by atoms with Crippen LogP contribution in [0.5, 0.6) is 11.5 Å². The van der Waals surface area contributed by atoms with Gasteiger partial charge in [-0.3, -0.25) is 4.79 Å². The lowest BCUT2D eigenvalue weighted by molar-refractivity contribution is -0.152. The summed E-state index contributed by atoms with van der Waals surface area (Å²) in [5.74, 6) is -0.990. The smallest absolute Gasteiger partial charge is 0.408 e. The standard InChI is InChI=1S/C40H44N2O8/c1-39(2,3)40(37(45)46,42-38(47)50-24-32-30-15-8-6-13-28(30)29-14-7-9-16-31(29)32)23-36(44)41-27-12-10-11-26(22-27)33(43)19-17-25-18-20-34(48-4)35(21-25)49-5/h6-16,18,20-22,32-33,43H,17,19,23-24H2,1-5H3,(H,41,44)(H,42,47)(H,45,46)/t33-,40+/m0/s1. The molecule has 2 amide bonds. The van der Waals surface area contributed by atoms with E-state index < -0.39 is 41.4 Å². The minimum absolute atomic E-state index is 0.00692. The lowest BCUT2D eigenvalue weighted by Gasteiger charge is -2.40. The maximum atomic E-state index is 13.5. The third-order valence-electron chi connectivity index (χ3n) is 9.44. The number of fused-ring (bicyclic) bond motifs is 3. The largest absolute Gasteiger partial charge is 0.493 e. The van der Waals surface area contributed by atoms with Gasteiger partial charge >= 0.3 is 12.1 Å². The number of carbonyl (C=O) groups is 3. The highest BCUT2D eigenvalue weighted by Gasteiger charge is 2.52. The predicted molar refractivity (Wildman–Crippen MR) is 191 cm³/mol. The molecule has 0 saturated heterocycles. The van der Waals surface area contributed by atoms with Gasteiger partial charge < -0.3 is 35.1 Å². The zero-order valence-electron chi connectivity index (χ0n) is 29.0. The molecule has 0 radical (unpaired) electrons. The minimum Gasteiger partial charge on any atom is -0.493 e. The van der Waals surface area contributed by atoms with Crippen molar-refractivity contribution in [2.45, 2.75) is 57.6 Å². The van der Waals surface area contributed by atoms with E-state index in [9.17, 15) is 24.6 Å². The van der Waals surface area contributed by atoms with Crippen LogP contribution in [0.15, 0.2) is 91.0 Å². The summed E-state index contributed by atoms with van der Waals surface area (Å²) in [6, 6.07) is 28.2. The van der Waals surface area contributed by atoms with Gasteiger partial charge in [-0.1, -0.05) is 87.5 Å². The monoisotopic (exact) mass is 680 g/mol. The third-order valence-corrected chi connectivity index (χ3v) is 9.44. The van der Waals surface area contributed by atoms with Crippen molar-refractivity contribution in [3.8, 4) is 22.6 Å². The summed E-state index contributed by atoms with van der Waals surface area (Å²) in [6.07, 6.45) is -1.36. The molecule has 4 N–H and O–H groups in total. The number of rotatable bonds is 13. The molecule has 4 aromatic carbocycles. The Morgan fingerprint density at radius 3 is 2.06 bits per heavy atom. The first-order chi connectivity index (χ1) is 23.9. The molecule has 10 heteroatoms. The Balaban J connectivity index is 1.24. The molecule has 0 spiro atoms. The molecule has 0 bridgehead atoms. The van der Waals surface area contributed by atoms with Crippen LogP contribution < -0.4 is 20.1 Å². The van der Waals surface area contributed by atoms with Crippen LogP contribution in [0.2, 0.25) is 0 Å². The topological polar surface area (TPSA) is 143 Å². The second-order valence-electron chi connectivity index (χ2n) is 13.5. The van der Waals surface area contributed by atoms with Crippen LogP contribution in [-0.2, 0) is 20.7 Å². The summed E-state index contributed by atoms with van der Waals surface area (Å²) in [5.41, 5.74) is 3.01. The van der Waals surface area contributed by atoms with E-state index >= 15 is 0 Å². The van der Waals surface area contributed by atoms with Gasteiger partial charge in [0, 0.05) is 11.6 Å². The summed E-state index contributed by atoms with van der Waals surface area (Å²) in [4.78, 5) is 39.7. The van der Waals surface area contributed by atoms with E-state index in [0.717, 1.165) is 27.8 Å². The van der Waals surface area contributed by atoms with Gasteiger partial charge in [0.1, 0.15) is 6.61 Å². The van der Waals surface area contributed by atoms with Crippen LogP contribution in [-0.4, -0.2) is 54.5 Å². The second-order valence-corrected chi connectivity index (χ2v) is 13.5. The summed E-state index contributed by atoms with van der Waals surface area (Å²) in [7, 11) is 3.13. The van der Waals surface area contributed by atoms with Crippen LogP contribution in [0.1, 0.15) is 67.9 Å². The molecule has 10 nitrogen and oxygen atoms in total. The number of nitrogens with one attached hydrogen (secondary N) is 2. The number of aliphatic hydroxyl groups is 1. The number of carbonyl (C=O) groups excluding carboxylic acids is 2. The van der Waals surface area contributed by atoms with E-state index in [4.69, 9.17) is 14.2 Å². The van der Waals surface area contributed by atoms with Crippen LogP contribution in [0.4, 0.5) is 10.5 Å². The maximum Gasteiger partial charge on any atom is 0.408 e. The zero-order valence-corrected chi connectivity index (χ0v) is 29.0. The van der Waals surface area contributed by atoms with Gasteiger partial charge in [0.05, 0.1) is 26.7 Å². The van der Waals surface area contributed by atoms with Crippen LogP contribution in [0.25, 0.3) is 11.1 Å². The maximum absolute atomic E-state index is 13.5. The second kappa shape index (κ2) is 15.0. The number of aliphatic carboxylic acids is 1. The Labute approximate surface area is 292 Å². The van der Waals surface area contributed by atoms with Gasteiger partial charge in [0.25, 0.3) is 0 Å². The Morgan fingerprint density at radius 2 is 1.46 bits per heavy atom. The van der Waals surface area contributed by atoms with E-state index in [-0.39, 0.29) is 12.5 Å². The van der Waals surface area contributed by atoms with Crippen LogP contribution in [0.3, 0.4) is 0 Å². The molecule has 0 heterocycles. The Morgan fingerprint density at radius 1 is 0.820 bits per heavy atom. The normalized spacial score (nSPS) is 14.0. The summed E-state index contributed by atoms with van der Waals surface area (Å²) in [5, 5.41) is 26.8. The molecule has 50 heavy (non-hydrogen) atoms. The number of aryl methyl sites for hydroxylation is 1. The van der Waals surface area contributed by atoms with E-state index in [1.165, 1.54) is 0 Å². The summed E-state index contributed by atoms with van der Waals surface area (Å²) >= 11 is 0. The molecule has 0 fully saturated rings. The molecule has 0 aromatic heterocycles. The van der Waals surface area contributed by atoms with Gasteiger partial charge in [0.2, 0.25) is 5.91 Å². The van der Waals surface area contributed by atoms with Gasteiger partial charge in [-0.25, -0.2) is 9.59 Å². The first kappa shape index (κ1) is 35.9. The van der Waals surface area contributed by atoms with Crippen molar-refractivity contribution in [1.29, 1.82) is 0 Å². The lowest BCUT2D eigenvalue weighted by Crippen LogP contribution is -2.63. The highest BCUT2D eigenvalue weighted by Crippen LogP contribution is 2.44. The quantitative estimate of drug-likeness (QED) is 0.117. The van der Waals surface area contributed by atoms with Crippen molar-refractivity contribution >= 4 is 23.7 Å². The van der Waals surface area contributed by atoms with Gasteiger partial charge in [-0.2, -0.15) is 0 Å². The highest BCUT2D eigenvalue weighted by molar-refractivity contribution is 5.97. The molecule has 1 aliphatic carbocycles. The summed E-state index contributed by atoms with van der Waals surface area (Å²) < 4.78 is 16.3. The minimum atomic E-state index is -2.00. The van der Waals surface area contributed by atoms with Crippen molar-refractivity contribution in [3.05, 3.63) is 113 Å². The van der Waals surface area contributed by atoms with Gasteiger partial charge in [-0.15, -0.1) is 0 Å². The number of aliphatic hydroxyl groups excluding tert-OH is 1. The zero-order chi connectivity index (χ0) is 36.1. The Hall–Kier alpha value is -5.35. The number of ether oxygens (including phenoxy) is 3. The number of hydrogen-bond acceptors (Lipinski definition) is 7. The van der Waals surface area contributed by atoms with Crippen LogP contribution >= 0.6 is 0 Å². The molecule has 0 saturated carbocycles. The molecular weight excluding hydrogens is 636 g/mol. The van der Waals surface area contributed by atoms with E-state index in [1.807, 2.05) is 66.7 Å². The molecule has 4 aromatic rings. The Kier molecular flexibility index (Phi) is 10.8. The van der Waals surface area contributed by atoms with Crippen molar-refractivity contribution in [2.24, 2.45) is 5.41 Å². The Bertz CT molecular complexity index is 1820. The fourth-order valence-corrected chi connectivity index (χ4v) is 6.53. The molecule has 0 unspecified atom stereocenters. The molecule has 1 aliphatic rings. The van der Waals surface area contributed by atoms with E-state index in [1.54, 1.807) is 59.3 Å². The van der Waals surface area contributed by atoms with Crippen LogP contribution in [0, 0.1) is 5.41 Å². The molecular formula is C40H44N2O8. The number of alkyl carbamates (subject to hydrolysis) is 1. The number of benzene rings is 4. The average Bonchev–Trinajstić information content (AvgIpc) is 3.42. The van der Waals surface area contributed by atoms with E-state index in [0.29, 0.717) is 35.6 Å². The average molecular weight is 681 g/mol. The predicted octanol–water partition coefficient (Wildman–Crippen LogP) is 7.11. The number of amides is 2. The van der Waals surface area contributed by atoms with Crippen molar-refractivity contribution in [2.75, 3.05) is 26.1 Å². The van der Waals surface area contributed by atoms with Crippen molar-refractivity contribution < 1.29 is 38.8 Å².